The molecule has 0 saturated carbocycles. The highest BCUT2D eigenvalue weighted by molar-refractivity contribution is 6.05. The topological polar surface area (TPSA) is 97.8 Å². The molecule has 1 aliphatic rings. The van der Waals surface area contributed by atoms with Crippen molar-refractivity contribution in [2.75, 3.05) is 25.1 Å². The second-order valence-corrected chi connectivity index (χ2v) is 6.54. The molecule has 142 valence electrons. The van der Waals surface area contributed by atoms with Crippen LogP contribution in [0.2, 0.25) is 0 Å². The minimum absolute atomic E-state index is 0.174. The number of carboxylic acids is 1. The number of hydrogen-bond acceptors (Lipinski definition) is 5. The number of carbonyl (C=O) groups is 2. The van der Waals surface area contributed by atoms with E-state index in [4.69, 9.17) is 14.6 Å². The van der Waals surface area contributed by atoms with Gasteiger partial charge in [-0.2, -0.15) is 0 Å². The predicted octanol–water partition coefficient (Wildman–Crippen LogP) is 3.15. The second kappa shape index (κ2) is 8.64. The minimum atomic E-state index is -1.18. The first kappa shape index (κ1) is 18.8. The third-order valence-corrected chi connectivity index (χ3v) is 4.50. The van der Waals surface area contributed by atoms with Crippen molar-refractivity contribution in [2.45, 2.75) is 19.8 Å². The van der Waals surface area contributed by atoms with Crippen molar-refractivity contribution in [2.24, 2.45) is 5.92 Å². The minimum Gasteiger partial charge on any atom is -0.493 e. The summed E-state index contributed by atoms with van der Waals surface area (Å²) in [7, 11) is 0. The average molecular weight is 370 g/mol. The lowest BCUT2D eigenvalue weighted by atomic mass is 10.0. The Morgan fingerprint density at radius 3 is 2.78 bits per heavy atom. The standard InChI is InChI=1S/C20H22N2O5/c1-13-2-3-16(11-18(13)27-12-14-5-8-26-9-6-14)22-19(23)15-4-7-21-17(10-15)20(24)25/h2-4,7,10-11,14H,5-6,8-9,12H2,1H3,(H,22,23)(H,24,25). The number of hydrogen-bond donors (Lipinski definition) is 2. The molecule has 0 unspecified atom stereocenters. The maximum Gasteiger partial charge on any atom is 0.354 e. The van der Waals surface area contributed by atoms with Crippen LogP contribution in [0.4, 0.5) is 5.69 Å². The molecule has 0 atom stereocenters. The maximum atomic E-state index is 12.4. The highest BCUT2D eigenvalue weighted by Gasteiger charge is 2.16. The fraction of sp³-hybridized carbons (Fsp3) is 0.350. The van der Waals surface area contributed by atoms with Gasteiger partial charge in [-0.25, -0.2) is 9.78 Å². The Labute approximate surface area is 157 Å². The molecule has 2 aromatic rings. The van der Waals surface area contributed by atoms with Gasteiger partial charge in [0.05, 0.1) is 6.61 Å². The summed E-state index contributed by atoms with van der Waals surface area (Å²) < 4.78 is 11.3. The number of ether oxygens (including phenoxy) is 2. The maximum absolute atomic E-state index is 12.4. The van der Waals surface area contributed by atoms with Crippen LogP contribution in [0.3, 0.4) is 0 Å². The molecule has 27 heavy (non-hydrogen) atoms. The van der Waals surface area contributed by atoms with E-state index in [1.165, 1.54) is 18.3 Å². The molecule has 0 aliphatic carbocycles. The van der Waals surface area contributed by atoms with Gasteiger partial charge in [0.1, 0.15) is 11.4 Å². The zero-order valence-electron chi connectivity index (χ0n) is 15.1. The number of nitrogens with zero attached hydrogens (tertiary/aromatic N) is 1. The fourth-order valence-corrected chi connectivity index (χ4v) is 2.85. The number of carbonyl (C=O) groups excluding carboxylic acids is 1. The van der Waals surface area contributed by atoms with Gasteiger partial charge in [0.25, 0.3) is 5.91 Å². The molecule has 1 aromatic heterocycles. The van der Waals surface area contributed by atoms with E-state index in [0.29, 0.717) is 18.2 Å². The Morgan fingerprint density at radius 1 is 1.26 bits per heavy atom. The van der Waals surface area contributed by atoms with E-state index in [0.717, 1.165) is 37.4 Å². The Morgan fingerprint density at radius 2 is 2.04 bits per heavy atom. The first-order chi connectivity index (χ1) is 13.0. The molecule has 0 bridgehead atoms. The van der Waals surface area contributed by atoms with Crippen molar-refractivity contribution >= 4 is 17.6 Å². The number of carboxylic acid groups (broad SMARTS) is 1. The van der Waals surface area contributed by atoms with Gasteiger partial charge in [0.15, 0.2) is 0 Å². The highest BCUT2D eigenvalue weighted by Crippen LogP contribution is 2.25. The quantitative estimate of drug-likeness (QED) is 0.811. The number of amides is 1. The number of anilines is 1. The van der Waals surface area contributed by atoms with Gasteiger partial charge in [-0.1, -0.05) is 6.07 Å². The number of nitrogens with one attached hydrogen (secondary N) is 1. The molecule has 2 N–H and O–H groups in total. The van der Waals surface area contributed by atoms with E-state index in [2.05, 4.69) is 10.3 Å². The zero-order valence-corrected chi connectivity index (χ0v) is 15.1. The lowest BCUT2D eigenvalue weighted by molar-refractivity contribution is 0.0496. The summed E-state index contributed by atoms with van der Waals surface area (Å²) in [4.78, 5) is 27.1. The molecule has 0 spiro atoms. The molecule has 3 rings (SSSR count). The first-order valence-corrected chi connectivity index (χ1v) is 8.85. The van der Waals surface area contributed by atoms with E-state index in [1.807, 2.05) is 13.0 Å². The molecular formula is C20H22N2O5. The molecule has 7 heteroatoms. The normalized spacial score (nSPS) is 14.6. The van der Waals surface area contributed by atoms with E-state index in [-0.39, 0.29) is 11.3 Å². The van der Waals surface area contributed by atoms with Crippen LogP contribution in [0.15, 0.2) is 36.5 Å². The summed E-state index contributed by atoms with van der Waals surface area (Å²) >= 11 is 0. The number of rotatable bonds is 6. The van der Waals surface area contributed by atoms with Crippen LogP contribution in [0, 0.1) is 12.8 Å². The van der Waals surface area contributed by atoms with Crippen molar-refractivity contribution in [3.05, 3.63) is 53.3 Å². The van der Waals surface area contributed by atoms with E-state index >= 15 is 0 Å². The number of benzene rings is 1. The molecule has 0 radical (unpaired) electrons. The Bertz CT molecular complexity index is 831. The molecule has 1 saturated heterocycles. The second-order valence-electron chi connectivity index (χ2n) is 6.54. The van der Waals surface area contributed by atoms with Gasteiger partial charge >= 0.3 is 5.97 Å². The highest BCUT2D eigenvalue weighted by atomic mass is 16.5. The van der Waals surface area contributed by atoms with Gasteiger partial charge < -0.3 is 19.9 Å². The lowest BCUT2D eigenvalue weighted by Gasteiger charge is -2.22. The lowest BCUT2D eigenvalue weighted by Crippen LogP contribution is -2.21. The molecule has 1 aliphatic heterocycles. The summed E-state index contributed by atoms with van der Waals surface area (Å²) in [5, 5.41) is 11.8. The molecule has 7 nitrogen and oxygen atoms in total. The number of aryl methyl sites for hydroxylation is 1. The van der Waals surface area contributed by atoms with Crippen LogP contribution in [0.5, 0.6) is 5.75 Å². The van der Waals surface area contributed by atoms with Gasteiger partial charge in [0.2, 0.25) is 0 Å². The number of aromatic carboxylic acids is 1. The van der Waals surface area contributed by atoms with Gasteiger partial charge in [-0.15, -0.1) is 0 Å². The molecule has 2 heterocycles. The predicted molar refractivity (Wildman–Crippen MR) is 99.4 cm³/mol. The number of aromatic nitrogens is 1. The van der Waals surface area contributed by atoms with Crippen molar-refractivity contribution in [3.63, 3.8) is 0 Å². The van der Waals surface area contributed by atoms with Crippen LogP contribution in [-0.2, 0) is 4.74 Å². The fourth-order valence-electron chi connectivity index (χ4n) is 2.85. The largest absolute Gasteiger partial charge is 0.493 e. The SMILES string of the molecule is Cc1ccc(NC(=O)c2ccnc(C(=O)O)c2)cc1OCC1CCOCC1. The van der Waals surface area contributed by atoms with Crippen molar-refractivity contribution in [1.82, 2.24) is 4.98 Å². The van der Waals surface area contributed by atoms with Crippen LogP contribution in [-0.4, -0.2) is 41.8 Å². The number of pyridine rings is 1. The molecule has 1 fully saturated rings. The van der Waals surface area contributed by atoms with Gasteiger partial charge in [0, 0.05) is 36.7 Å². The summed E-state index contributed by atoms with van der Waals surface area (Å²) in [5.41, 5.74) is 1.62. The van der Waals surface area contributed by atoms with Gasteiger partial charge in [-0.3, -0.25) is 4.79 Å². The smallest absolute Gasteiger partial charge is 0.354 e. The summed E-state index contributed by atoms with van der Waals surface area (Å²) in [6, 6.07) is 8.16. The Hall–Kier alpha value is -2.93. The molecule has 1 amide bonds. The van der Waals surface area contributed by atoms with Crippen LogP contribution >= 0.6 is 0 Å². The first-order valence-electron chi connectivity index (χ1n) is 8.85. The summed E-state index contributed by atoms with van der Waals surface area (Å²) in [6.07, 6.45) is 3.28. The Kier molecular flexibility index (Phi) is 6.03. The molecule has 1 aromatic carbocycles. The third kappa shape index (κ3) is 5.04. The zero-order chi connectivity index (χ0) is 19.2. The monoisotopic (exact) mass is 370 g/mol. The summed E-state index contributed by atoms with van der Waals surface area (Å²) in [6.45, 7) is 4.11. The van der Waals surface area contributed by atoms with E-state index in [9.17, 15) is 9.59 Å². The van der Waals surface area contributed by atoms with Crippen LogP contribution in [0.25, 0.3) is 0 Å². The van der Waals surface area contributed by atoms with E-state index in [1.54, 1.807) is 12.1 Å². The third-order valence-electron chi connectivity index (χ3n) is 4.50. The van der Waals surface area contributed by atoms with Crippen molar-refractivity contribution in [1.29, 1.82) is 0 Å². The van der Waals surface area contributed by atoms with Crippen molar-refractivity contribution < 1.29 is 24.2 Å². The van der Waals surface area contributed by atoms with Crippen molar-refractivity contribution in [3.8, 4) is 5.75 Å². The molecular weight excluding hydrogens is 348 g/mol. The van der Waals surface area contributed by atoms with E-state index < -0.39 is 11.9 Å². The van der Waals surface area contributed by atoms with Crippen LogP contribution < -0.4 is 10.1 Å². The average Bonchev–Trinajstić information content (AvgIpc) is 2.69. The van der Waals surface area contributed by atoms with Crippen LogP contribution in [0.1, 0.15) is 39.3 Å². The Balaban J connectivity index is 1.67. The van der Waals surface area contributed by atoms with Gasteiger partial charge in [-0.05, 0) is 49.4 Å². The summed E-state index contributed by atoms with van der Waals surface area (Å²) in [5.74, 6) is -0.384.